The summed E-state index contributed by atoms with van der Waals surface area (Å²) in [5.74, 6) is 1.69. The molecule has 0 aliphatic rings. The van der Waals surface area contributed by atoms with Gasteiger partial charge < -0.3 is 19.9 Å². The minimum Gasteiger partial charge on any atom is -0.457 e. The first-order chi connectivity index (χ1) is 14.5. The van der Waals surface area contributed by atoms with Crippen molar-refractivity contribution in [3.05, 3.63) is 72.1 Å². The van der Waals surface area contributed by atoms with Crippen molar-refractivity contribution in [1.29, 1.82) is 0 Å². The van der Waals surface area contributed by atoms with Crippen molar-refractivity contribution in [2.75, 3.05) is 11.9 Å². The van der Waals surface area contributed by atoms with Crippen LogP contribution in [0.4, 0.5) is 11.6 Å². The van der Waals surface area contributed by atoms with Crippen LogP contribution in [0.5, 0.6) is 11.5 Å². The second-order valence-electron chi connectivity index (χ2n) is 6.97. The highest BCUT2D eigenvalue weighted by atomic mass is 16.5. The lowest BCUT2D eigenvalue weighted by atomic mass is 10.2. The van der Waals surface area contributed by atoms with Gasteiger partial charge >= 0.3 is 0 Å². The molecule has 4 rings (SSSR count). The fraction of sp³-hybridized carbons (Fsp3) is 0.174. The SMILES string of the molecule is CCNC(=O)c1cc(Oc2ccc3c(c2)nc(Nc2ccc(C)cc2)n3C)ccn1. The van der Waals surface area contributed by atoms with E-state index in [4.69, 9.17) is 9.72 Å². The molecule has 4 aromatic rings. The van der Waals surface area contributed by atoms with E-state index in [-0.39, 0.29) is 5.91 Å². The maximum absolute atomic E-state index is 12.0. The predicted molar refractivity (Wildman–Crippen MR) is 117 cm³/mol. The second-order valence-corrected chi connectivity index (χ2v) is 6.97. The van der Waals surface area contributed by atoms with Crippen molar-refractivity contribution in [3.8, 4) is 11.5 Å². The number of fused-ring (bicyclic) bond motifs is 1. The summed E-state index contributed by atoms with van der Waals surface area (Å²) < 4.78 is 7.94. The van der Waals surface area contributed by atoms with Crippen LogP contribution in [0.15, 0.2) is 60.8 Å². The van der Waals surface area contributed by atoms with Crippen LogP contribution in [0.3, 0.4) is 0 Å². The summed E-state index contributed by atoms with van der Waals surface area (Å²) in [6.45, 7) is 4.46. The number of pyridine rings is 1. The molecule has 0 unspecified atom stereocenters. The molecule has 2 aromatic carbocycles. The van der Waals surface area contributed by atoms with Gasteiger partial charge in [-0.2, -0.15) is 0 Å². The van der Waals surface area contributed by atoms with Crippen LogP contribution in [0.2, 0.25) is 0 Å². The normalized spacial score (nSPS) is 10.8. The van der Waals surface area contributed by atoms with Gasteiger partial charge in [-0.25, -0.2) is 4.98 Å². The average molecular weight is 401 g/mol. The van der Waals surface area contributed by atoms with Crippen LogP contribution >= 0.6 is 0 Å². The van der Waals surface area contributed by atoms with Gasteiger partial charge in [0, 0.05) is 37.6 Å². The molecule has 7 nitrogen and oxygen atoms in total. The number of amides is 1. The Kier molecular flexibility index (Phi) is 5.34. The Labute approximate surface area is 174 Å². The fourth-order valence-electron chi connectivity index (χ4n) is 3.11. The largest absolute Gasteiger partial charge is 0.457 e. The molecule has 1 amide bonds. The molecule has 0 aliphatic heterocycles. The summed E-state index contributed by atoms with van der Waals surface area (Å²) >= 11 is 0. The fourth-order valence-corrected chi connectivity index (χ4v) is 3.11. The number of nitrogens with zero attached hydrogens (tertiary/aromatic N) is 3. The van der Waals surface area contributed by atoms with Gasteiger partial charge in [0.05, 0.1) is 11.0 Å². The molecule has 30 heavy (non-hydrogen) atoms. The van der Waals surface area contributed by atoms with Crippen LogP contribution in [0.1, 0.15) is 23.0 Å². The second kappa shape index (κ2) is 8.24. The van der Waals surface area contributed by atoms with Crippen LogP contribution < -0.4 is 15.4 Å². The Morgan fingerprint density at radius 3 is 2.60 bits per heavy atom. The van der Waals surface area contributed by atoms with E-state index >= 15 is 0 Å². The summed E-state index contributed by atoms with van der Waals surface area (Å²) in [4.78, 5) is 20.8. The molecule has 7 heteroatoms. The number of nitrogens with one attached hydrogen (secondary N) is 2. The van der Waals surface area contributed by atoms with Crippen LogP contribution in [-0.4, -0.2) is 27.0 Å². The van der Waals surface area contributed by atoms with E-state index in [1.54, 1.807) is 18.3 Å². The summed E-state index contributed by atoms with van der Waals surface area (Å²) in [7, 11) is 1.97. The van der Waals surface area contributed by atoms with E-state index in [1.807, 2.05) is 48.9 Å². The Balaban J connectivity index is 1.57. The van der Waals surface area contributed by atoms with Crippen molar-refractivity contribution in [2.45, 2.75) is 13.8 Å². The van der Waals surface area contributed by atoms with E-state index in [9.17, 15) is 4.79 Å². The van der Waals surface area contributed by atoms with Gasteiger partial charge in [0.25, 0.3) is 5.91 Å². The molecule has 0 aliphatic carbocycles. The molecule has 2 aromatic heterocycles. The van der Waals surface area contributed by atoms with E-state index in [2.05, 4.69) is 34.7 Å². The van der Waals surface area contributed by atoms with Gasteiger partial charge in [-0.3, -0.25) is 9.78 Å². The van der Waals surface area contributed by atoms with Crippen LogP contribution in [0.25, 0.3) is 11.0 Å². The highest BCUT2D eigenvalue weighted by Crippen LogP contribution is 2.28. The number of aryl methyl sites for hydroxylation is 2. The van der Waals surface area contributed by atoms with Crippen molar-refractivity contribution in [3.63, 3.8) is 0 Å². The van der Waals surface area contributed by atoms with E-state index in [0.29, 0.717) is 23.7 Å². The van der Waals surface area contributed by atoms with Gasteiger partial charge in [0.15, 0.2) is 0 Å². The standard InChI is InChI=1S/C23H23N5O2/c1-4-24-22(29)20-14-18(11-12-25-20)30-17-9-10-21-19(13-17)27-23(28(21)3)26-16-7-5-15(2)6-8-16/h5-14H,4H2,1-3H3,(H,24,29)(H,26,27). The third-order valence-corrected chi connectivity index (χ3v) is 4.70. The number of carbonyl (C=O) groups excluding carboxylic acids is 1. The average Bonchev–Trinajstić information content (AvgIpc) is 3.05. The van der Waals surface area contributed by atoms with Gasteiger partial charge in [-0.1, -0.05) is 17.7 Å². The zero-order valence-electron chi connectivity index (χ0n) is 17.1. The van der Waals surface area contributed by atoms with E-state index in [0.717, 1.165) is 22.7 Å². The highest BCUT2D eigenvalue weighted by molar-refractivity contribution is 5.92. The number of hydrogen-bond donors (Lipinski definition) is 2. The molecule has 2 heterocycles. The zero-order chi connectivity index (χ0) is 21.1. The maximum Gasteiger partial charge on any atom is 0.270 e. The third-order valence-electron chi connectivity index (χ3n) is 4.70. The van der Waals surface area contributed by atoms with Gasteiger partial charge in [-0.05, 0) is 44.2 Å². The lowest BCUT2D eigenvalue weighted by Gasteiger charge is -2.07. The molecule has 0 atom stereocenters. The minimum atomic E-state index is -0.227. The number of benzene rings is 2. The first-order valence-corrected chi connectivity index (χ1v) is 9.76. The molecule has 0 radical (unpaired) electrons. The predicted octanol–water partition coefficient (Wildman–Crippen LogP) is 4.56. The zero-order valence-corrected chi connectivity index (χ0v) is 17.1. The Hall–Kier alpha value is -3.87. The lowest BCUT2D eigenvalue weighted by Crippen LogP contribution is -2.23. The molecule has 0 saturated heterocycles. The summed E-state index contributed by atoms with van der Waals surface area (Å²) in [5.41, 5.74) is 4.29. The number of anilines is 2. The minimum absolute atomic E-state index is 0.227. The highest BCUT2D eigenvalue weighted by Gasteiger charge is 2.11. The number of aromatic nitrogens is 3. The molecular weight excluding hydrogens is 378 g/mol. The summed E-state index contributed by atoms with van der Waals surface area (Å²) in [6, 6.07) is 17.2. The first kappa shape index (κ1) is 19.4. The van der Waals surface area contributed by atoms with Crippen LogP contribution in [0, 0.1) is 6.92 Å². The lowest BCUT2D eigenvalue weighted by molar-refractivity contribution is 0.0950. The van der Waals surface area contributed by atoms with E-state index in [1.165, 1.54) is 5.56 Å². The molecule has 0 saturated carbocycles. The van der Waals surface area contributed by atoms with Gasteiger partial charge in [-0.15, -0.1) is 0 Å². The van der Waals surface area contributed by atoms with Crippen molar-refractivity contribution in [1.82, 2.24) is 19.9 Å². The van der Waals surface area contributed by atoms with Crippen molar-refractivity contribution < 1.29 is 9.53 Å². The molecule has 0 spiro atoms. The third kappa shape index (κ3) is 4.10. The number of imidazole rings is 1. The van der Waals surface area contributed by atoms with Gasteiger partial charge in [0.2, 0.25) is 5.95 Å². The monoisotopic (exact) mass is 401 g/mol. The smallest absolute Gasteiger partial charge is 0.270 e. The molecule has 0 fully saturated rings. The number of rotatable bonds is 6. The first-order valence-electron chi connectivity index (χ1n) is 9.76. The van der Waals surface area contributed by atoms with Crippen LogP contribution in [-0.2, 0) is 7.05 Å². The quantitative estimate of drug-likeness (QED) is 0.495. The topological polar surface area (TPSA) is 81.1 Å². The Morgan fingerprint density at radius 1 is 1.07 bits per heavy atom. The van der Waals surface area contributed by atoms with E-state index < -0.39 is 0 Å². The number of ether oxygens (including phenoxy) is 1. The van der Waals surface area contributed by atoms with Crippen molar-refractivity contribution >= 4 is 28.6 Å². The molecule has 2 N–H and O–H groups in total. The van der Waals surface area contributed by atoms with Gasteiger partial charge in [0.1, 0.15) is 17.2 Å². The summed E-state index contributed by atoms with van der Waals surface area (Å²) in [6.07, 6.45) is 1.56. The Morgan fingerprint density at radius 2 is 1.83 bits per heavy atom. The van der Waals surface area contributed by atoms with Crippen molar-refractivity contribution in [2.24, 2.45) is 7.05 Å². The molecule has 0 bridgehead atoms. The molecule has 152 valence electrons. The molecular formula is C23H23N5O2. The maximum atomic E-state index is 12.0. The summed E-state index contributed by atoms with van der Waals surface area (Å²) in [5, 5.41) is 6.08. The number of carbonyl (C=O) groups is 1. The Bertz CT molecular complexity index is 1200. The number of hydrogen-bond acceptors (Lipinski definition) is 5.